The van der Waals surface area contributed by atoms with E-state index in [1.807, 2.05) is 0 Å². The van der Waals surface area contributed by atoms with Gasteiger partial charge in [-0.15, -0.1) is 0 Å². The zero-order valence-corrected chi connectivity index (χ0v) is 13.7. The maximum atomic E-state index is 12.0. The zero-order valence-electron chi connectivity index (χ0n) is 12.2. The van der Waals surface area contributed by atoms with Gasteiger partial charge in [-0.25, -0.2) is 0 Å². The molecule has 0 unspecified atom stereocenters. The summed E-state index contributed by atoms with van der Waals surface area (Å²) < 4.78 is 5.44. The number of amides is 2. The van der Waals surface area contributed by atoms with Gasteiger partial charge in [-0.2, -0.15) is 0 Å². The van der Waals surface area contributed by atoms with E-state index in [-0.39, 0.29) is 12.5 Å². The van der Waals surface area contributed by atoms with Gasteiger partial charge in [0, 0.05) is 11.9 Å². The molecule has 2 aromatic carbocycles. The molecule has 2 amide bonds. The van der Waals surface area contributed by atoms with Crippen molar-refractivity contribution in [1.29, 1.82) is 0 Å². The molecule has 7 heteroatoms. The molecule has 0 saturated carbocycles. The Bertz CT molecular complexity index is 735. The number of carbonyl (C=O) groups excluding carboxylic acids is 2. The number of hydrogen-bond acceptors (Lipinski definition) is 3. The summed E-state index contributed by atoms with van der Waals surface area (Å²) in [5.41, 5.74) is 0.900. The molecular weight excluding hydrogens is 339 g/mol. The molecule has 0 saturated heterocycles. The standard InChI is InChI=1S/C16H14Cl2N2O3/c1-10(21)19-13-4-2-3-5-15(13)23-9-16(22)20-14-8-11(17)6-7-12(14)18/h2-8H,9H2,1H3,(H,19,21)(H,20,22). The second-order valence-electron chi connectivity index (χ2n) is 4.64. The first-order valence-electron chi connectivity index (χ1n) is 6.70. The summed E-state index contributed by atoms with van der Waals surface area (Å²) in [5, 5.41) is 6.08. The van der Waals surface area contributed by atoms with Gasteiger partial charge in [0.1, 0.15) is 5.75 Å². The van der Waals surface area contributed by atoms with Gasteiger partial charge in [-0.3, -0.25) is 9.59 Å². The summed E-state index contributed by atoms with van der Waals surface area (Å²) in [6.45, 7) is 1.16. The van der Waals surface area contributed by atoms with Crippen LogP contribution in [-0.2, 0) is 9.59 Å². The number of para-hydroxylation sites is 2. The molecule has 0 fully saturated rings. The van der Waals surface area contributed by atoms with E-state index in [4.69, 9.17) is 27.9 Å². The van der Waals surface area contributed by atoms with Crippen LogP contribution in [0.4, 0.5) is 11.4 Å². The largest absolute Gasteiger partial charge is 0.482 e. The summed E-state index contributed by atoms with van der Waals surface area (Å²) in [6, 6.07) is 11.6. The lowest BCUT2D eigenvalue weighted by molar-refractivity contribution is -0.118. The fourth-order valence-corrected chi connectivity index (χ4v) is 2.15. The highest BCUT2D eigenvalue weighted by molar-refractivity contribution is 6.35. The van der Waals surface area contributed by atoms with Gasteiger partial charge in [0.05, 0.1) is 16.4 Å². The minimum absolute atomic E-state index is 0.226. The monoisotopic (exact) mass is 352 g/mol. The van der Waals surface area contributed by atoms with Gasteiger partial charge in [0.25, 0.3) is 5.91 Å². The van der Waals surface area contributed by atoms with Crippen LogP contribution < -0.4 is 15.4 Å². The summed E-state index contributed by atoms with van der Waals surface area (Å²) in [4.78, 5) is 23.1. The van der Waals surface area contributed by atoms with E-state index in [2.05, 4.69) is 10.6 Å². The smallest absolute Gasteiger partial charge is 0.262 e. The van der Waals surface area contributed by atoms with E-state index >= 15 is 0 Å². The summed E-state index contributed by atoms with van der Waals surface area (Å²) in [5.74, 6) is -0.224. The van der Waals surface area contributed by atoms with Gasteiger partial charge >= 0.3 is 0 Å². The molecule has 120 valence electrons. The first kappa shape index (κ1) is 17.1. The Labute approximate surface area is 143 Å². The molecule has 5 nitrogen and oxygen atoms in total. The van der Waals surface area contributed by atoms with E-state index in [0.717, 1.165) is 0 Å². The number of nitrogens with one attached hydrogen (secondary N) is 2. The van der Waals surface area contributed by atoms with Crippen LogP contribution in [0.1, 0.15) is 6.92 Å². The molecule has 2 N–H and O–H groups in total. The van der Waals surface area contributed by atoms with Crippen LogP contribution in [0, 0.1) is 0 Å². The summed E-state index contributed by atoms with van der Waals surface area (Å²) in [7, 11) is 0. The average Bonchev–Trinajstić information content (AvgIpc) is 2.49. The minimum atomic E-state index is -0.396. The van der Waals surface area contributed by atoms with E-state index in [1.54, 1.807) is 42.5 Å². The van der Waals surface area contributed by atoms with Crippen molar-refractivity contribution in [2.45, 2.75) is 6.92 Å². The van der Waals surface area contributed by atoms with Crippen molar-refractivity contribution < 1.29 is 14.3 Å². The predicted octanol–water partition coefficient (Wildman–Crippen LogP) is 3.97. The topological polar surface area (TPSA) is 67.4 Å². The molecular formula is C16H14Cl2N2O3. The highest BCUT2D eigenvalue weighted by Gasteiger charge is 2.10. The first-order valence-corrected chi connectivity index (χ1v) is 7.45. The lowest BCUT2D eigenvalue weighted by Crippen LogP contribution is -2.21. The molecule has 0 aliphatic rings. The molecule has 2 aromatic rings. The summed E-state index contributed by atoms with van der Waals surface area (Å²) >= 11 is 11.8. The van der Waals surface area contributed by atoms with Gasteiger partial charge in [-0.05, 0) is 30.3 Å². The van der Waals surface area contributed by atoms with Crippen molar-refractivity contribution in [3.8, 4) is 5.75 Å². The first-order chi connectivity index (χ1) is 11.0. The Morgan fingerprint density at radius 1 is 1.04 bits per heavy atom. The highest BCUT2D eigenvalue weighted by atomic mass is 35.5. The summed E-state index contributed by atoms with van der Waals surface area (Å²) in [6.07, 6.45) is 0. The van der Waals surface area contributed by atoms with Crippen molar-refractivity contribution in [3.63, 3.8) is 0 Å². The van der Waals surface area contributed by atoms with Crippen LogP contribution >= 0.6 is 23.2 Å². The van der Waals surface area contributed by atoms with Crippen LogP contribution in [-0.4, -0.2) is 18.4 Å². The highest BCUT2D eigenvalue weighted by Crippen LogP contribution is 2.26. The molecule has 0 aliphatic carbocycles. The van der Waals surface area contributed by atoms with Crippen molar-refractivity contribution in [3.05, 3.63) is 52.5 Å². The van der Waals surface area contributed by atoms with E-state index in [1.165, 1.54) is 6.92 Å². The maximum Gasteiger partial charge on any atom is 0.262 e. The Hall–Kier alpha value is -2.24. The number of carbonyl (C=O) groups is 2. The number of rotatable bonds is 5. The third-order valence-electron chi connectivity index (χ3n) is 2.76. The predicted molar refractivity (Wildman–Crippen MR) is 91.3 cm³/mol. The molecule has 2 rings (SSSR count). The second kappa shape index (κ2) is 7.85. The number of anilines is 2. The van der Waals surface area contributed by atoms with Gasteiger partial charge in [0.15, 0.2) is 6.61 Å². The quantitative estimate of drug-likeness (QED) is 0.855. The van der Waals surface area contributed by atoms with Crippen molar-refractivity contribution in [2.75, 3.05) is 17.2 Å². The Balaban J connectivity index is 1.99. The number of hydrogen-bond donors (Lipinski definition) is 2. The van der Waals surface area contributed by atoms with E-state index < -0.39 is 5.91 Å². The molecule has 0 bridgehead atoms. The van der Waals surface area contributed by atoms with Crippen LogP contribution in [0.3, 0.4) is 0 Å². The Kier molecular flexibility index (Phi) is 5.84. The van der Waals surface area contributed by atoms with Gasteiger partial charge in [0.2, 0.25) is 5.91 Å². The number of benzene rings is 2. The molecule has 0 aliphatic heterocycles. The Morgan fingerprint density at radius 3 is 2.52 bits per heavy atom. The molecule has 0 aromatic heterocycles. The van der Waals surface area contributed by atoms with Crippen LogP contribution in [0.15, 0.2) is 42.5 Å². The molecule has 0 heterocycles. The third-order valence-corrected chi connectivity index (χ3v) is 3.32. The molecule has 0 radical (unpaired) electrons. The van der Waals surface area contributed by atoms with E-state index in [9.17, 15) is 9.59 Å². The minimum Gasteiger partial charge on any atom is -0.482 e. The van der Waals surface area contributed by atoms with Crippen LogP contribution in [0.2, 0.25) is 10.0 Å². The lowest BCUT2D eigenvalue weighted by Gasteiger charge is -2.12. The normalized spacial score (nSPS) is 10.0. The molecule has 0 spiro atoms. The third kappa shape index (κ3) is 5.16. The molecule has 23 heavy (non-hydrogen) atoms. The fourth-order valence-electron chi connectivity index (χ4n) is 1.81. The molecule has 0 atom stereocenters. The van der Waals surface area contributed by atoms with Crippen molar-refractivity contribution >= 4 is 46.4 Å². The fraction of sp³-hybridized carbons (Fsp3) is 0.125. The van der Waals surface area contributed by atoms with Gasteiger partial charge < -0.3 is 15.4 Å². The number of ether oxygens (including phenoxy) is 1. The van der Waals surface area contributed by atoms with Crippen molar-refractivity contribution in [1.82, 2.24) is 0 Å². The van der Waals surface area contributed by atoms with Crippen LogP contribution in [0.5, 0.6) is 5.75 Å². The second-order valence-corrected chi connectivity index (χ2v) is 5.48. The maximum absolute atomic E-state index is 12.0. The van der Waals surface area contributed by atoms with Gasteiger partial charge in [-0.1, -0.05) is 35.3 Å². The Morgan fingerprint density at radius 2 is 1.78 bits per heavy atom. The van der Waals surface area contributed by atoms with Crippen LogP contribution in [0.25, 0.3) is 0 Å². The zero-order chi connectivity index (χ0) is 16.8. The number of halogens is 2. The lowest BCUT2D eigenvalue weighted by atomic mass is 10.3. The average molecular weight is 353 g/mol. The van der Waals surface area contributed by atoms with Crippen molar-refractivity contribution in [2.24, 2.45) is 0 Å². The van der Waals surface area contributed by atoms with E-state index in [0.29, 0.717) is 27.2 Å². The SMILES string of the molecule is CC(=O)Nc1ccccc1OCC(=O)Nc1cc(Cl)ccc1Cl.